The van der Waals surface area contributed by atoms with Gasteiger partial charge in [0.2, 0.25) is 6.10 Å². The summed E-state index contributed by atoms with van der Waals surface area (Å²) in [5, 5.41) is 0. The van der Waals surface area contributed by atoms with Crippen LogP contribution < -0.4 is 5.73 Å². The maximum absolute atomic E-state index is 12.9. The highest BCUT2D eigenvalue weighted by Crippen LogP contribution is 2.24. The van der Waals surface area contributed by atoms with Gasteiger partial charge in [0.15, 0.2) is 11.5 Å². The Morgan fingerprint density at radius 1 is 1.04 bits per heavy atom. The molecule has 0 spiro atoms. The van der Waals surface area contributed by atoms with Crippen LogP contribution in [0.4, 0.5) is 5.82 Å². The fourth-order valence-corrected chi connectivity index (χ4v) is 2.84. The molecule has 25 heavy (non-hydrogen) atoms. The van der Waals surface area contributed by atoms with Crippen LogP contribution in [0.5, 0.6) is 0 Å². The molecule has 7 heteroatoms. The van der Waals surface area contributed by atoms with E-state index in [1.807, 2.05) is 6.07 Å². The van der Waals surface area contributed by atoms with Crippen LogP contribution in [0.25, 0.3) is 0 Å². The summed E-state index contributed by atoms with van der Waals surface area (Å²) in [6, 6.07) is 8.97. The van der Waals surface area contributed by atoms with Gasteiger partial charge in [-0.25, -0.2) is 14.8 Å². The SMILES string of the molecule is Nc1nccnc1C(=O)O[C@@H](C(=O)N1CCCCC1)c1ccccc1. The van der Waals surface area contributed by atoms with Crippen LogP contribution in [0.2, 0.25) is 0 Å². The van der Waals surface area contributed by atoms with Gasteiger partial charge in [-0.2, -0.15) is 0 Å². The van der Waals surface area contributed by atoms with Gasteiger partial charge in [0.05, 0.1) is 0 Å². The molecule has 1 amide bonds. The summed E-state index contributed by atoms with van der Waals surface area (Å²) in [7, 11) is 0. The molecule has 1 fully saturated rings. The number of likely N-dealkylation sites (tertiary alicyclic amines) is 1. The number of ether oxygens (including phenoxy) is 1. The van der Waals surface area contributed by atoms with E-state index in [1.165, 1.54) is 12.4 Å². The predicted octanol–water partition coefficient (Wildman–Crippen LogP) is 1.97. The molecule has 7 nitrogen and oxygen atoms in total. The molecule has 0 bridgehead atoms. The minimum Gasteiger partial charge on any atom is -0.442 e. The first kappa shape index (κ1) is 16.9. The topological polar surface area (TPSA) is 98.4 Å². The lowest BCUT2D eigenvalue weighted by Crippen LogP contribution is -2.40. The van der Waals surface area contributed by atoms with Gasteiger partial charge in [-0.3, -0.25) is 4.79 Å². The zero-order valence-electron chi connectivity index (χ0n) is 13.8. The van der Waals surface area contributed by atoms with E-state index in [0.717, 1.165) is 19.3 Å². The monoisotopic (exact) mass is 340 g/mol. The minimum atomic E-state index is -1.02. The molecule has 1 aliphatic heterocycles. The van der Waals surface area contributed by atoms with Crippen molar-refractivity contribution in [2.45, 2.75) is 25.4 Å². The third-order valence-electron chi connectivity index (χ3n) is 4.14. The molecule has 0 radical (unpaired) electrons. The molecular weight excluding hydrogens is 320 g/mol. The van der Waals surface area contributed by atoms with Crippen molar-refractivity contribution in [2.75, 3.05) is 18.8 Å². The molecule has 3 rings (SSSR count). The van der Waals surface area contributed by atoms with Gasteiger partial charge in [-0.15, -0.1) is 0 Å². The molecule has 0 unspecified atom stereocenters. The van der Waals surface area contributed by atoms with Gasteiger partial charge in [0.25, 0.3) is 5.91 Å². The molecule has 2 heterocycles. The summed E-state index contributed by atoms with van der Waals surface area (Å²) in [6.07, 6.45) is 4.75. The van der Waals surface area contributed by atoms with E-state index in [1.54, 1.807) is 29.2 Å². The summed E-state index contributed by atoms with van der Waals surface area (Å²) in [6.45, 7) is 1.35. The molecule has 130 valence electrons. The number of piperidine rings is 1. The molecule has 0 saturated carbocycles. The third-order valence-corrected chi connectivity index (χ3v) is 4.14. The van der Waals surface area contributed by atoms with Crippen molar-refractivity contribution < 1.29 is 14.3 Å². The quantitative estimate of drug-likeness (QED) is 0.855. The van der Waals surface area contributed by atoms with E-state index in [0.29, 0.717) is 18.7 Å². The van der Waals surface area contributed by atoms with Crippen molar-refractivity contribution >= 4 is 17.7 Å². The second kappa shape index (κ2) is 7.74. The maximum Gasteiger partial charge on any atom is 0.361 e. The third kappa shape index (κ3) is 3.93. The molecule has 1 aromatic carbocycles. The van der Waals surface area contributed by atoms with Gasteiger partial charge >= 0.3 is 5.97 Å². The van der Waals surface area contributed by atoms with Crippen molar-refractivity contribution in [1.29, 1.82) is 0 Å². The van der Waals surface area contributed by atoms with E-state index >= 15 is 0 Å². The van der Waals surface area contributed by atoms with Gasteiger partial charge in [0, 0.05) is 31.0 Å². The standard InChI is InChI=1S/C18H20N4O3/c19-16-14(20-9-10-21-16)18(24)25-15(13-7-3-1-4-8-13)17(23)22-11-5-2-6-12-22/h1,3-4,7-10,15H,2,5-6,11-12H2,(H2,19,21)/t15-/m1/s1. The smallest absolute Gasteiger partial charge is 0.361 e. The predicted molar refractivity (Wildman–Crippen MR) is 91.5 cm³/mol. The molecular formula is C18H20N4O3. The number of nitrogen functional groups attached to an aromatic ring is 1. The van der Waals surface area contributed by atoms with E-state index in [4.69, 9.17) is 10.5 Å². The van der Waals surface area contributed by atoms with Crippen molar-refractivity contribution in [1.82, 2.24) is 14.9 Å². The van der Waals surface area contributed by atoms with Crippen LogP contribution in [-0.4, -0.2) is 39.8 Å². The highest BCUT2D eigenvalue weighted by atomic mass is 16.5. The number of anilines is 1. The number of carbonyl (C=O) groups is 2. The highest BCUT2D eigenvalue weighted by Gasteiger charge is 2.31. The molecule has 1 atom stereocenters. The maximum atomic E-state index is 12.9. The Morgan fingerprint density at radius 3 is 2.40 bits per heavy atom. The van der Waals surface area contributed by atoms with Crippen LogP contribution in [0, 0.1) is 0 Å². The first-order valence-electron chi connectivity index (χ1n) is 8.28. The van der Waals surface area contributed by atoms with Crippen molar-refractivity contribution in [3.05, 3.63) is 54.0 Å². The average molecular weight is 340 g/mol. The number of hydrogen-bond acceptors (Lipinski definition) is 6. The Labute approximate surface area is 145 Å². The van der Waals surface area contributed by atoms with Gasteiger partial charge in [-0.05, 0) is 19.3 Å². The fourth-order valence-electron chi connectivity index (χ4n) is 2.84. The normalized spacial score (nSPS) is 15.4. The number of hydrogen-bond donors (Lipinski definition) is 1. The number of rotatable bonds is 4. The van der Waals surface area contributed by atoms with Crippen molar-refractivity contribution in [3.8, 4) is 0 Å². The molecule has 2 N–H and O–H groups in total. The Hall–Kier alpha value is -2.96. The van der Waals surface area contributed by atoms with Crippen LogP contribution in [-0.2, 0) is 9.53 Å². The van der Waals surface area contributed by atoms with Gasteiger partial charge in [0.1, 0.15) is 0 Å². The van der Waals surface area contributed by atoms with Crippen LogP contribution in [0.3, 0.4) is 0 Å². The number of amides is 1. The number of benzene rings is 1. The lowest BCUT2D eigenvalue weighted by molar-refractivity contribution is -0.142. The van der Waals surface area contributed by atoms with E-state index in [-0.39, 0.29) is 17.4 Å². The molecule has 0 aliphatic carbocycles. The van der Waals surface area contributed by atoms with E-state index in [2.05, 4.69) is 9.97 Å². The molecule has 1 saturated heterocycles. The Balaban J connectivity index is 1.85. The summed E-state index contributed by atoms with van der Waals surface area (Å²) in [5.74, 6) is -1.00. The number of esters is 1. The van der Waals surface area contributed by atoms with Crippen molar-refractivity contribution in [2.24, 2.45) is 0 Å². The van der Waals surface area contributed by atoms with E-state index in [9.17, 15) is 9.59 Å². The number of carbonyl (C=O) groups excluding carboxylic acids is 2. The van der Waals surface area contributed by atoms with Crippen LogP contribution >= 0.6 is 0 Å². The summed E-state index contributed by atoms with van der Waals surface area (Å²) in [5.41, 5.74) is 6.22. The largest absolute Gasteiger partial charge is 0.442 e. The molecule has 2 aromatic rings. The molecule has 1 aromatic heterocycles. The van der Waals surface area contributed by atoms with Crippen LogP contribution in [0.1, 0.15) is 41.4 Å². The first-order valence-corrected chi connectivity index (χ1v) is 8.28. The lowest BCUT2D eigenvalue weighted by atomic mass is 10.1. The summed E-state index contributed by atoms with van der Waals surface area (Å²) in [4.78, 5) is 34.9. The van der Waals surface area contributed by atoms with Crippen molar-refractivity contribution in [3.63, 3.8) is 0 Å². The fraction of sp³-hybridized carbons (Fsp3) is 0.333. The van der Waals surface area contributed by atoms with Gasteiger partial charge in [-0.1, -0.05) is 30.3 Å². The highest BCUT2D eigenvalue weighted by molar-refractivity contribution is 5.94. The zero-order valence-corrected chi connectivity index (χ0v) is 13.8. The van der Waals surface area contributed by atoms with E-state index < -0.39 is 12.1 Å². The number of nitrogens with two attached hydrogens (primary N) is 1. The summed E-state index contributed by atoms with van der Waals surface area (Å²) >= 11 is 0. The Morgan fingerprint density at radius 2 is 1.72 bits per heavy atom. The summed E-state index contributed by atoms with van der Waals surface area (Å²) < 4.78 is 5.51. The second-order valence-electron chi connectivity index (χ2n) is 5.87. The first-order chi connectivity index (χ1) is 12.2. The average Bonchev–Trinajstić information content (AvgIpc) is 2.67. The number of aromatic nitrogens is 2. The Kier molecular flexibility index (Phi) is 5.23. The Bertz CT molecular complexity index is 745. The van der Waals surface area contributed by atoms with Crippen LogP contribution in [0.15, 0.2) is 42.7 Å². The minimum absolute atomic E-state index is 0.0234. The second-order valence-corrected chi connectivity index (χ2v) is 5.87. The van der Waals surface area contributed by atoms with Gasteiger partial charge < -0.3 is 15.4 Å². The number of nitrogens with zero attached hydrogens (tertiary/aromatic N) is 3. The molecule has 1 aliphatic rings. The lowest BCUT2D eigenvalue weighted by Gasteiger charge is -2.30. The zero-order chi connectivity index (χ0) is 17.6.